The van der Waals surface area contributed by atoms with Crippen molar-refractivity contribution in [3.05, 3.63) is 52.1 Å². The second-order valence-electron chi connectivity index (χ2n) is 4.60. The molecule has 0 bridgehead atoms. The van der Waals surface area contributed by atoms with E-state index in [0.717, 1.165) is 12.3 Å². The summed E-state index contributed by atoms with van der Waals surface area (Å²) in [4.78, 5) is 21.1. The van der Waals surface area contributed by atoms with Crippen LogP contribution in [0.4, 0.5) is 5.69 Å². The maximum absolute atomic E-state index is 11.4. The molecule has 0 aromatic heterocycles. The Hall–Kier alpha value is -2.74. The van der Waals surface area contributed by atoms with Crippen LogP contribution in [0.25, 0.3) is 11.1 Å². The molecule has 0 saturated heterocycles. The van der Waals surface area contributed by atoms with Gasteiger partial charge in [-0.15, -0.1) is 0 Å². The summed E-state index contributed by atoms with van der Waals surface area (Å²) in [6.45, 7) is 0. The van der Waals surface area contributed by atoms with E-state index in [9.17, 15) is 28.4 Å². The first-order chi connectivity index (χ1) is 10.2. The van der Waals surface area contributed by atoms with Crippen molar-refractivity contribution in [2.45, 2.75) is 4.90 Å². The van der Waals surface area contributed by atoms with E-state index in [-0.39, 0.29) is 10.5 Å². The minimum atomic E-state index is -3.35. The summed E-state index contributed by atoms with van der Waals surface area (Å²) in [6.07, 6.45) is 1.38. The molecule has 114 valence electrons. The summed E-state index contributed by atoms with van der Waals surface area (Å²) < 4.78 is 22.8. The first kappa shape index (κ1) is 15.6. The molecule has 0 unspecified atom stereocenters. The molecule has 8 heteroatoms. The van der Waals surface area contributed by atoms with E-state index in [1.807, 2.05) is 0 Å². The molecule has 0 saturated carbocycles. The van der Waals surface area contributed by atoms with Gasteiger partial charge in [-0.2, -0.15) is 0 Å². The Morgan fingerprint density at radius 2 is 1.73 bits per heavy atom. The van der Waals surface area contributed by atoms with Crippen LogP contribution in [0, 0.1) is 10.1 Å². The lowest BCUT2D eigenvalue weighted by atomic mass is 10.0. The summed E-state index contributed by atoms with van der Waals surface area (Å²) in [7, 11) is -3.35. The van der Waals surface area contributed by atoms with Crippen molar-refractivity contribution in [2.75, 3.05) is 6.26 Å². The molecule has 0 aliphatic rings. The lowest BCUT2D eigenvalue weighted by Crippen LogP contribution is -1.97. The summed E-state index contributed by atoms with van der Waals surface area (Å²) in [5.41, 5.74) is 0.00781. The number of sulfone groups is 1. The second-order valence-corrected chi connectivity index (χ2v) is 6.62. The predicted octanol–water partition coefficient (Wildman–Crippen LogP) is 2.18. The number of nitrogens with zero attached hydrogens (tertiary/aromatic N) is 1. The molecule has 22 heavy (non-hydrogen) atoms. The van der Waals surface area contributed by atoms with Gasteiger partial charge in [0.1, 0.15) is 0 Å². The number of carbonyl (C=O) groups is 1. The van der Waals surface area contributed by atoms with Crippen LogP contribution in [0.1, 0.15) is 10.4 Å². The zero-order valence-electron chi connectivity index (χ0n) is 11.4. The number of hydrogen-bond acceptors (Lipinski definition) is 6. The van der Waals surface area contributed by atoms with Gasteiger partial charge in [-0.1, -0.05) is 12.1 Å². The van der Waals surface area contributed by atoms with Gasteiger partial charge in [0.05, 0.1) is 15.4 Å². The number of aromatic hydroxyl groups is 1. The Morgan fingerprint density at radius 1 is 1.14 bits per heavy atom. The van der Waals surface area contributed by atoms with Crippen molar-refractivity contribution >= 4 is 21.8 Å². The number of benzene rings is 2. The molecule has 0 radical (unpaired) electrons. The Balaban J connectivity index is 2.60. The van der Waals surface area contributed by atoms with Crippen molar-refractivity contribution in [3.8, 4) is 16.9 Å². The van der Waals surface area contributed by atoms with Crippen molar-refractivity contribution in [3.63, 3.8) is 0 Å². The average Bonchev–Trinajstić information content (AvgIpc) is 2.46. The molecule has 0 atom stereocenters. The average molecular weight is 321 g/mol. The number of nitro benzene ring substituents is 1. The highest BCUT2D eigenvalue weighted by atomic mass is 32.2. The van der Waals surface area contributed by atoms with Gasteiger partial charge in [0.25, 0.3) is 0 Å². The van der Waals surface area contributed by atoms with E-state index < -0.39 is 26.2 Å². The third kappa shape index (κ3) is 2.96. The van der Waals surface area contributed by atoms with Crippen molar-refractivity contribution in [2.24, 2.45) is 0 Å². The zero-order chi connectivity index (χ0) is 16.5. The van der Waals surface area contributed by atoms with Crippen molar-refractivity contribution in [1.82, 2.24) is 0 Å². The molecule has 2 aromatic rings. The molecule has 7 nitrogen and oxygen atoms in total. The molecule has 0 amide bonds. The fourth-order valence-corrected chi connectivity index (χ4v) is 2.56. The van der Waals surface area contributed by atoms with Crippen LogP contribution in [0.5, 0.6) is 5.75 Å². The van der Waals surface area contributed by atoms with Crippen LogP contribution < -0.4 is 0 Å². The van der Waals surface area contributed by atoms with E-state index in [1.54, 1.807) is 0 Å². The van der Waals surface area contributed by atoms with Crippen LogP contribution in [0.15, 0.2) is 41.3 Å². The Kier molecular flexibility index (Phi) is 3.96. The molecule has 0 heterocycles. The lowest BCUT2D eigenvalue weighted by Gasteiger charge is -2.06. The normalized spacial score (nSPS) is 11.1. The molecule has 0 spiro atoms. The Bertz CT molecular complexity index is 856. The highest BCUT2D eigenvalue weighted by Gasteiger charge is 2.19. The number of phenolic OH excluding ortho intramolecular Hbond substituents is 1. The maximum atomic E-state index is 11.4. The smallest absolute Gasteiger partial charge is 0.312 e. The number of rotatable bonds is 4. The van der Waals surface area contributed by atoms with Gasteiger partial charge in [-0.3, -0.25) is 14.9 Å². The lowest BCUT2D eigenvalue weighted by molar-refractivity contribution is -0.385. The molecule has 2 rings (SSSR count). The first-order valence-electron chi connectivity index (χ1n) is 6.01. The molecular weight excluding hydrogens is 310 g/mol. The zero-order valence-corrected chi connectivity index (χ0v) is 12.2. The summed E-state index contributed by atoms with van der Waals surface area (Å²) in [5, 5.41) is 20.5. The number of phenols is 1. The van der Waals surface area contributed by atoms with Crippen LogP contribution in [0.2, 0.25) is 0 Å². The Labute approximate surface area is 125 Å². The van der Waals surface area contributed by atoms with Crippen LogP contribution in [-0.2, 0) is 9.84 Å². The standard InChI is InChI=1S/C14H11NO6S/c1-22(20,21)12-4-2-9(3-5-12)10-6-11(8-16)14(17)13(7-10)15(18)19/h2-8,17H,1H3. The van der Waals surface area contributed by atoms with Gasteiger partial charge in [0.2, 0.25) is 5.75 Å². The molecule has 1 N–H and O–H groups in total. The van der Waals surface area contributed by atoms with Gasteiger partial charge in [-0.05, 0) is 29.3 Å². The van der Waals surface area contributed by atoms with Crippen LogP contribution >= 0.6 is 0 Å². The monoisotopic (exact) mass is 321 g/mol. The highest BCUT2D eigenvalue weighted by molar-refractivity contribution is 7.90. The predicted molar refractivity (Wildman–Crippen MR) is 78.7 cm³/mol. The number of carbonyl (C=O) groups excluding carboxylic acids is 1. The third-order valence-electron chi connectivity index (χ3n) is 3.06. The second kappa shape index (κ2) is 5.57. The SMILES string of the molecule is CS(=O)(=O)c1ccc(-c2cc(C=O)c(O)c([N+](=O)[O-])c2)cc1. The highest BCUT2D eigenvalue weighted by Crippen LogP contribution is 2.34. The first-order valence-corrected chi connectivity index (χ1v) is 7.90. The summed E-state index contributed by atoms with van der Waals surface area (Å²) in [5.74, 6) is -0.698. The van der Waals surface area contributed by atoms with Crippen molar-refractivity contribution < 1.29 is 23.2 Å². The van der Waals surface area contributed by atoms with E-state index in [4.69, 9.17) is 0 Å². The topological polar surface area (TPSA) is 115 Å². The number of aldehydes is 1. The van der Waals surface area contributed by atoms with Crippen LogP contribution in [0.3, 0.4) is 0 Å². The van der Waals surface area contributed by atoms with Crippen LogP contribution in [-0.4, -0.2) is 31.0 Å². The van der Waals surface area contributed by atoms with E-state index in [2.05, 4.69) is 0 Å². The van der Waals surface area contributed by atoms with E-state index in [1.165, 1.54) is 30.3 Å². The summed E-state index contributed by atoms with van der Waals surface area (Å²) >= 11 is 0. The fourth-order valence-electron chi connectivity index (χ4n) is 1.93. The van der Waals surface area contributed by atoms with Gasteiger partial charge in [0, 0.05) is 12.3 Å². The summed E-state index contributed by atoms with van der Waals surface area (Å²) in [6, 6.07) is 8.10. The van der Waals surface area contributed by atoms with Gasteiger partial charge < -0.3 is 5.11 Å². The van der Waals surface area contributed by atoms with E-state index >= 15 is 0 Å². The fraction of sp³-hybridized carbons (Fsp3) is 0.0714. The molecule has 2 aromatic carbocycles. The minimum Gasteiger partial charge on any atom is -0.502 e. The quantitative estimate of drug-likeness (QED) is 0.524. The molecule has 0 aliphatic heterocycles. The van der Waals surface area contributed by atoms with Gasteiger partial charge in [0.15, 0.2) is 16.1 Å². The third-order valence-corrected chi connectivity index (χ3v) is 4.19. The molecular formula is C14H11NO6S. The largest absolute Gasteiger partial charge is 0.502 e. The minimum absolute atomic E-state index is 0.111. The van der Waals surface area contributed by atoms with E-state index in [0.29, 0.717) is 17.4 Å². The number of hydrogen-bond donors (Lipinski definition) is 1. The van der Waals surface area contributed by atoms with Gasteiger partial charge >= 0.3 is 5.69 Å². The van der Waals surface area contributed by atoms with Crippen molar-refractivity contribution in [1.29, 1.82) is 0 Å². The molecule has 0 aliphatic carbocycles. The maximum Gasteiger partial charge on any atom is 0.312 e. The number of nitro groups is 1. The Morgan fingerprint density at radius 3 is 2.18 bits per heavy atom. The molecule has 0 fully saturated rings. The van der Waals surface area contributed by atoms with Gasteiger partial charge in [-0.25, -0.2) is 8.42 Å².